The maximum absolute atomic E-state index is 12.4. The van der Waals surface area contributed by atoms with Crippen molar-refractivity contribution in [2.45, 2.75) is 32.1 Å². The van der Waals surface area contributed by atoms with Gasteiger partial charge in [-0.2, -0.15) is 0 Å². The molecule has 0 saturated carbocycles. The number of halogens is 2. The minimum absolute atomic E-state index is 0.00431. The van der Waals surface area contributed by atoms with E-state index < -0.39 is 5.92 Å². The van der Waals surface area contributed by atoms with Crippen molar-refractivity contribution >= 4 is 0 Å². The third kappa shape index (κ3) is 4.68. The first-order valence-corrected chi connectivity index (χ1v) is 3.65. The van der Waals surface area contributed by atoms with Crippen molar-refractivity contribution in [3.8, 4) is 0 Å². The van der Waals surface area contributed by atoms with Crippen LogP contribution in [0.5, 0.6) is 0 Å². The highest BCUT2D eigenvalue weighted by atomic mass is 19.3. The molecule has 1 nitrogen and oxygen atoms in total. The highest BCUT2D eigenvalue weighted by Gasteiger charge is 2.24. The lowest BCUT2D eigenvalue weighted by atomic mass is 10.1. The SMILES string of the molecule is CCC(F)(F)CCCNC. The summed E-state index contributed by atoms with van der Waals surface area (Å²) < 4.78 is 24.9. The van der Waals surface area contributed by atoms with Gasteiger partial charge in [0.25, 0.3) is 0 Å². The van der Waals surface area contributed by atoms with Crippen molar-refractivity contribution < 1.29 is 8.78 Å². The molecule has 0 saturated heterocycles. The zero-order chi connectivity index (χ0) is 8.04. The molecule has 0 aromatic carbocycles. The van der Waals surface area contributed by atoms with Gasteiger partial charge in [0.2, 0.25) is 5.92 Å². The van der Waals surface area contributed by atoms with Gasteiger partial charge in [-0.3, -0.25) is 0 Å². The predicted molar refractivity (Wildman–Crippen MR) is 38.4 cm³/mol. The van der Waals surface area contributed by atoms with Crippen molar-refractivity contribution in [1.82, 2.24) is 5.32 Å². The summed E-state index contributed by atoms with van der Waals surface area (Å²) in [7, 11) is 1.77. The van der Waals surface area contributed by atoms with Crippen LogP contribution in [0.3, 0.4) is 0 Å². The largest absolute Gasteiger partial charge is 0.320 e. The lowest BCUT2D eigenvalue weighted by molar-refractivity contribution is -0.0129. The number of hydrogen-bond acceptors (Lipinski definition) is 1. The number of nitrogens with one attached hydrogen (secondary N) is 1. The van der Waals surface area contributed by atoms with Crippen molar-refractivity contribution in [2.24, 2.45) is 0 Å². The summed E-state index contributed by atoms with van der Waals surface area (Å²) >= 11 is 0. The second kappa shape index (κ2) is 4.61. The normalized spacial score (nSPS) is 12.0. The van der Waals surface area contributed by atoms with E-state index in [2.05, 4.69) is 5.32 Å². The fraction of sp³-hybridized carbons (Fsp3) is 1.00. The molecule has 0 aliphatic carbocycles. The fourth-order valence-electron chi connectivity index (χ4n) is 0.701. The molecule has 0 aliphatic heterocycles. The van der Waals surface area contributed by atoms with E-state index in [9.17, 15) is 8.78 Å². The molecule has 0 atom stereocenters. The van der Waals surface area contributed by atoms with Crippen molar-refractivity contribution in [3.63, 3.8) is 0 Å². The van der Waals surface area contributed by atoms with Gasteiger partial charge in [0.05, 0.1) is 0 Å². The van der Waals surface area contributed by atoms with Crippen LogP contribution in [0.1, 0.15) is 26.2 Å². The minimum atomic E-state index is -2.45. The van der Waals surface area contributed by atoms with Gasteiger partial charge in [-0.05, 0) is 20.0 Å². The Kier molecular flexibility index (Phi) is 4.52. The average molecular weight is 151 g/mol. The van der Waals surface area contributed by atoms with E-state index in [1.54, 1.807) is 7.05 Å². The van der Waals surface area contributed by atoms with Gasteiger partial charge in [0.15, 0.2) is 0 Å². The summed E-state index contributed by atoms with van der Waals surface area (Å²) in [6.45, 7) is 2.19. The van der Waals surface area contributed by atoms with E-state index >= 15 is 0 Å². The molecule has 0 radical (unpaired) electrons. The van der Waals surface area contributed by atoms with Crippen LogP contribution in [-0.4, -0.2) is 19.5 Å². The van der Waals surface area contributed by atoms with Gasteiger partial charge in [-0.1, -0.05) is 6.92 Å². The lowest BCUT2D eigenvalue weighted by Crippen LogP contribution is -2.17. The van der Waals surface area contributed by atoms with Crippen molar-refractivity contribution in [1.29, 1.82) is 0 Å². The molecule has 0 aliphatic rings. The van der Waals surface area contributed by atoms with Crippen molar-refractivity contribution in [2.75, 3.05) is 13.6 Å². The molecule has 62 valence electrons. The smallest absolute Gasteiger partial charge is 0.247 e. The van der Waals surface area contributed by atoms with E-state index in [0.717, 1.165) is 0 Å². The third-order valence-electron chi connectivity index (χ3n) is 1.49. The molecule has 0 unspecified atom stereocenters. The van der Waals surface area contributed by atoms with Gasteiger partial charge in [0.1, 0.15) is 0 Å². The van der Waals surface area contributed by atoms with E-state index in [-0.39, 0.29) is 12.8 Å². The first-order valence-electron chi connectivity index (χ1n) is 3.65. The van der Waals surface area contributed by atoms with E-state index in [4.69, 9.17) is 0 Å². The third-order valence-corrected chi connectivity index (χ3v) is 1.49. The summed E-state index contributed by atoms with van der Waals surface area (Å²) in [6, 6.07) is 0. The molecule has 3 heteroatoms. The molecule has 10 heavy (non-hydrogen) atoms. The van der Waals surface area contributed by atoms with E-state index in [1.165, 1.54) is 6.92 Å². The monoisotopic (exact) mass is 151 g/mol. The number of hydrogen-bond donors (Lipinski definition) is 1. The first-order chi connectivity index (χ1) is 4.62. The Morgan fingerprint density at radius 3 is 2.40 bits per heavy atom. The van der Waals surface area contributed by atoms with Crippen LogP contribution >= 0.6 is 0 Å². The number of rotatable bonds is 5. The van der Waals surface area contributed by atoms with E-state index in [1.807, 2.05) is 0 Å². The van der Waals surface area contributed by atoms with Crippen LogP contribution in [0.15, 0.2) is 0 Å². The summed E-state index contributed by atoms with van der Waals surface area (Å²) in [6.07, 6.45) is 0.512. The van der Waals surface area contributed by atoms with Crippen LogP contribution in [0.25, 0.3) is 0 Å². The molecule has 0 amide bonds. The molecule has 0 aromatic heterocycles. The van der Waals surface area contributed by atoms with Gasteiger partial charge in [-0.25, -0.2) is 8.78 Å². The van der Waals surface area contributed by atoms with Gasteiger partial charge in [0, 0.05) is 12.8 Å². The maximum Gasteiger partial charge on any atom is 0.247 e. The van der Waals surface area contributed by atoms with Gasteiger partial charge < -0.3 is 5.32 Å². The molecule has 0 heterocycles. The molecule has 0 aromatic rings. The van der Waals surface area contributed by atoms with Crippen LogP contribution in [0.2, 0.25) is 0 Å². The molecule has 0 rings (SSSR count). The Balaban J connectivity index is 3.28. The highest BCUT2D eigenvalue weighted by molar-refractivity contribution is 4.63. The molecular weight excluding hydrogens is 136 g/mol. The maximum atomic E-state index is 12.4. The Hall–Kier alpha value is -0.180. The Morgan fingerprint density at radius 2 is 2.00 bits per heavy atom. The minimum Gasteiger partial charge on any atom is -0.320 e. The predicted octanol–water partition coefficient (Wildman–Crippen LogP) is 2.03. The molecule has 1 N–H and O–H groups in total. The zero-order valence-corrected chi connectivity index (χ0v) is 6.58. The van der Waals surface area contributed by atoms with Crippen LogP contribution in [-0.2, 0) is 0 Å². The summed E-state index contributed by atoms with van der Waals surface area (Å²) in [5.74, 6) is -2.45. The fourth-order valence-corrected chi connectivity index (χ4v) is 0.701. The Morgan fingerprint density at radius 1 is 1.40 bits per heavy atom. The van der Waals surface area contributed by atoms with Crippen LogP contribution < -0.4 is 5.32 Å². The second-order valence-electron chi connectivity index (χ2n) is 2.42. The quantitative estimate of drug-likeness (QED) is 0.593. The molecule has 0 bridgehead atoms. The lowest BCUT2D eigenvalue weighted by Gasteiger charge is -2.12. The standard InChI is InChI=1S/C7H15F2N/c1-3-7(8,9)5-4-6-10-2/h10H,3-6H2,1-2H3. The van der Waals surface area contributed by atoms with Crippen LogP contribution in [0, 0.1) is 0 Å². The molecule has 0 fully saturated rings. The highest BCUT2D eigenvalue weighted by Crippen LogP contribution is 2.23. The summed E-state index contributed by atoms with van der Waals surface area (Å²) in [5, 5.41) is 2.83. The average Bonchev–Trinajstić information content (AvgIpc) is 1.89. The van der Waals surface area contributed by atoms with Crippen molar-refractivity contribution in [3.05, 3.63) is 0 Å². The first kappa shape index (κ1) is 9.82. The zero-order valence-electron chi connectivity index (χ0n) is 6.58. The Labute approximate surface area is 60.8 Å². The second-order valence-corrected chi connectivity index (χ2v) is 2.42. The Bertz CT molecular complexity index is 83.7. The number of alkyl halides is 2. The molecular formula is C7H15F2N. The van der Waals surface area contributed by atoms with E-state index in [0.29, 0.717) is 13.0 Å². The molecule has 0 spiro atoms. The van der Waals surface area contributed by atoms with Crippen LogP contribution in [0.4, 0.5) is 8.78 Å². The van der Waals surface area contributed by atoms with Gasteiger partial charge >= 0.3 is 0 Å². The van der Waals surface area contributed by atoms with Gasteiger partial charge in [-0.15, -0.1) is 0 Å². The summed E-state index contributed by atoms with van der Waals surface area (Å²) in [5.41, 5.74) is 0. The topological polar surface area (TPSA) is 12.0 Å². The summed E-state index contributed by atoms with van der Waals surface area (Å²) in [4.78, 5) is 0.